The van der Waals surface area contributed by atoms with Crippen LogP contribution in [0.25, 0.3) is 0 Å². The molecule has 1 amide bonds. The molecular weight excluding hydrogens is 348 g/mol. The molecular formula is C16H19ClF4N2O. The van der Waals surface area contributed by atoms with Gasteiger partial charge in [-0.3, -0.25) is 9.69 Å². The number of halogens is 5. The average molecular weight is 367 g/mol. The Morgan fingerprint density at radius 1 is 1.38 bits per heavy atom. The second-order valence-electron chi connectivity index (χ2n) is 6.17. The lowest BCUT2D eigenvalue weighted by Crippen LogP contribution is -2.53. The van der Waals surface area contributed by atoms with Gasteiger partial charge in [0.25, 0.3) is 5.91 Å². The van der Waals surface area contributed by atoms with E-state index in [1.54, 1.807) is 0 Å². The minimum absolute atomic E-state index is 0.0943. The van der Waals surface area contributed by atoms with Gasteiger partial charge in [-0.05, 0) is 38.5 Å². The molecule has 1 fully saturated rings. The first-order valence-corrected chi connectivity index (χ1v) is 8.03. The number of nitrogens with one attached hydrogen (secondary N) is 1. The highest BCUT2D eigenvalue weighted by molar-refractivity contribution is 6.33. The summed E-state index contributed by atoms with van der Waals surface area (Å²) in [4.78, 5) is 14.2. The van der Waals surface area contributed by atoms with E-state index >= 15 is 0 Å². The van der Waals surface area contributed by atoms with Gasteiger partial charge >= 0.3 is 6.18 Å². The number of amides is 1. The van der Waals surface area contributed by atoms with Crippen molar-refractivity contribution in [3.63, 3.8) is 0 Å². The summed E-state index contributed by atoms with van der Waals surface area (Å²) in [5.74, 6) is -0.667. The second-order valence-corrected chi connectivity index (χ2v) is 6.57. The number of carbonyl (C=O) groups excluding carboxylic acids is 1. The van der Waals surface area contributed by atoms with Gasteiger partial charge in [-0.1, -0.05) is 11.6 Å². The van der Waals surface area contributed by atoms with E-state index in [0.29, 0.717) is 19.0 Å². The average Bonchev–Trinajstić information content (AvgIpc) is 2.47. The number of alkyl halides is 4. The molecule has 0 aromatic heterocycles. The van der Waals surface area contributed by atoms with Crippen LogP contribution in [-0.2, 0) is 6.18 Å². The van der Waals surface area contributed by atoms with Crippen LogP contribution in [-0.4, -0.2) is 42.2 Å². The molecule has 0 bridgehead atoms. The van der Waals surface area contributed by atoms with Gasteiger partial charge < -0.3 is 5.32 Å². The summed E-state index contributed by atoms with van der Waals surface area (Å²) in [6, 6.07) is 2.03. The molecule has 24 heavy (non-hydrogen) atoms. The number of hydrogen-bond donors (Lipinski definition) is 1. The summed E-state index contributed by atoms with van der Waals surface area (Å²) in [6.45, 7) is 4.79. The van der Waals surface area contributed by atoms with E-state index in [4.69, 9.17) is 11.6 Å². The van der Waals surface area contributed by atoms with Crippen molar-refractivity contribution in [1.29, 1.82) is 0 Å². The maximum atomic E-state index is 14.2. The number of carbonyl (C=O) groups is 1. The number of nitrogens with zero attached hydrogens (tertiary/aromatic N) is 1. The Labute approximate surface area is 143 Å². The third-order valence-electron chi connectivity index (χ3n) is 4.16. The topological polar surface area (TPSA) is 32.3 Å². The maximum Gasteiger partial charge on any atom is 0.416 e. The highest BCUT2D eigenvalue weighted by Crippen LogP contribution is 2.32. The minimum atomic E-state index is -4.54. The third-order valence-corrected chi connectivity index (χ3v) is 4.47. The van der Waals surface area contributed by atoms with Crippen molar-refractivity contribution in [2.24, 2.45) is 0 Å². The Morgan fingerprint density at radius 3 is 2.54 bits per heavy atom. The van der Waals surface area contributed by atoms with Crippen LogP contribution in [0.15, 0.2) is 18.2 Å². The van der Waals surface area contributed by atoms with Crippen molar-refractivity contribution < 1.29 is 22.4 Å². The van der Waals surface area contributed by atoms with Gasteiger partial charge in [0.2, 0.25) is 0 Å². The van der Waals surface area contributed by atoms with Crippen LogP contribution in [0, 0.1) is 0 Å². The van der Waals surface area contributed by atoms with Crippen LogP contribution in [0.5, 0.6) is 0 Å². The number of hydrogen-bond acceptors (Lipinski definition) is 2. The highest BCUT2D eigenvalue weighted by Gasteiger charge is 2.33. The molecule has 1 aromatic carbocycles. The summed E-state index contributed by atoms with van der Waals surface area (Å²) in [7, 11) is 0. The lowest BCUT2D eigenvalue weighted by molar-refractivity contribution is -0.137. The molecule has 1 heterocycles. The second kappa shape index (κ2) is 7.27. The Morgan fingerprint density at radius 2 is 2.04 bits per heavy atom. The predicted octanol–water partition coefficient (Wildman–Crippen LogP) is 3.91. The van der Waals surface area contributed by atoms with E-state index in [0.717, 1.165) is 12.1 Å². The fourth-order valence-corrected chi connectivity index (χ4v) is 2.95. The fraction of sp³-hybridized carbons (Fsp3) is 0.562. The molecule has 0 saturated carbocycles. The highest BCUT2D eigenvalue weighted by atomic mass is 35.5. The molecule has 0 radical (unpaired) electrons. The molecule has 1 aliphatic rings. The quantitative estimate of drug-likeness (QED) is 0.823. The Balaban J connectivity index is 2.05. The number of likely N-dealkylation sites (tertiary alicyclic amines) is 1. The monoisotopic (exact) mass is 366 g/mol. The Kier molecular flexibility index (Phi) is 5.75. The molecule has 2 atom stereocenters. The van der Waals surface area contributed by atoms with Crippen molar-refractivity contribution in [3.05, 3.63) is 34.3 Å². The van der Waals surface area contributed by atoms with Crippen LogP contribution in [0.1, 0.15) is 36.2 Å². The zero-order valence-corrected chi connectivity index (χ0v) is 14.1. The van der Waals surface area contributed by atoms with Crippen molar-refractivity contribution >= 4 is 17.5 Å². The van der Waals surface area contributed by atoms with Crippen molar-refractivity contribution in [2.45, 2.75) is 44.7 Å². The van der Waals surface area contributed by atoms with E-state index < -0.39 is 29.9 Å². The molecule has 134 valence electrons. The van der Waals surface area contributed by atoms with Gasteiger partial charge in [0.15, 0.2) is 0 Å². The van der Waals surface area contributed by atoms with Crippen LogP contribution < -0.4 is 5.32 Å². The summed E-state index contributed by atoms with van der Waals surface area (Å²) < 4.78 is 52.1. The van der Waals surface area contributed by atoms with Gasteiger partial charge in [0.05, 0.1) is 22.2 Å². The van der Waals surface area contributed by atoms with Gasteiger partial charge in [-0.15, -0.1) is 0 Å². The third kappa shape index (κ3) is 4.39. The van der Waals surface area contributed by atoms with Crippen LogP contribution in [0.3, 0.4) is 0 Å². The van der Waals surface area contributed by atoms with E-state index in [1.165, 1.54) is 0 Å². The smallest absolute Gasteiger partial charge is 0.346 e. The molecule has 3 nitrogen and oxygen atoms in total. The van der Waals surface area contributed by atoms with Gasteiger partial charge in [-0.2, -0.15) is 13.2 Å². The standard InChI is InChI=1S/C16H19ClF4N2O/c1-9(2)23-6-5-14(13(18)8-23)22-15(24)11-4-3-10(7-12(11)17)16(19,20)21/h3-4,7,9,13-14H,5-6,8H2,1-2H3,(H,22,24)/t13-,14+/m1/s1. The largest absolute Gasteiger partial charge is 0.416 e. The molecule has 0 aliphatic carbocycles. The summed E-state index contributed by atoms with van der Waals surface area (Å²) in [5.41, 5.74) is -1.03. The maximum absolute atomic E-state index is 14.2. The van der Waals surface area contributed by atoms with Gasteiger partial charge in [-0.25, -0.2) is 4.39 Å². The first-order valence-electron chi connectivity index (χ1n) is 7.65. The van der Waals surface area contributed by atoms with E-state index in [9.17, 15) is 22.4 Å². The summed E-state index contributed by atoms with van der Waals surface area (Å²) >= 11 is 5.79. The lowest BCUT2D eigenvalue weighted by atomic mass is 10.0. The Bertz CT molecular complexity index is 606. The van der Waals surface area contributed by atoms with Crippen molar-refractivity contribution in [1.82, 2.24) is 10.2 Å². The first kappa shape index (κ1) is 19.0. The molecule has 1 aromatic rings. The zero-order chi connectivity index (χ0) is 18.1. The first-order chi connectivity index (χ1) is 11.1. The lowest BCUT2D eigenvalue weighted by Gasteiger charge is -2.37. The number of piperidine rings is 1. The normalized spacial score (nSPS) is 22.7. The van der Waals surface area contributed by atoms with Gasteiger partial charge in [0.1, 0.15) is 6.17 Å². The Hall–Kier alpha value is -1.34. The molecule has 8 heteroatoms. The molecule has 1 aliphatic heterocycles. The van der Waals surface area contributed by atoms with Crippen LogP contribution in [0.4, 0.5) is 17.6 Å². The predicted molar refractivity (Wildman–Crippen MR) is 83.9 cm³/mol. The minimum Gasteiger partial charge on any atom is -0.346 e. The molecule has 1 saturated heterocycles. The molecule has 0 unspecified atom stereocenters. The zero-order valence-electron chi connectivity index (χ0n) is 13.3. The summed E-state index contributed by atoms with van der Waals surface area (Å²) in [5, 5.41) is 2.23. The van der Waals surface area contributed by atoms with Crippen molar-refractivity contribution in [3.8, 4) is 0 Å². The SMILES string of the molecule is CC(C)N1CC[C@H](NC(=O)c2ccc(C(F)(F)F)cc2Cl)[C@H](F)C1. The van der Waals surface area contributed by atoms with E-state index in [1.807, 2.05) is 18.7 Å². The summed E-state index contributed by atoms with van der Waals surface area (Å²) in [6.07, 6.45) is -5.34. The van der Waals surface area contributed by atoms with Gasteiger partial charge in [0, 0.05) is 19.1 Å². The number of rotatable bonds is 3. The fourth-order valence-electron chi connectivity index (χ4n) is 2.68. The number of benzene rings is 1. The molecule has 0 spiro atoms. The van der Waals surface area contributed by atoms with E-state index in [2.05, 4.69) is 5.32 Å². The van der Waals surface area contributed by atoms with Crippen LogP contribution >= 0.6 is 11.6 Å². The van der Waals surface area contributed by atoms with Crippen molar-refractivity contribution in [2.75, 3.05) is 13.1 Å². The molecule has 1 N–H and O–H groups in total. The van der Waals surface area contributed by atoms with Crippen LogP contribution in [0.2, 0.25) is 5.02 Å². The van der Waals surface area contributed by atoms with E-state index in [-0.39, 0.29) is 23.2 Å². The molecule has 2 rings (SSSR count).